The van der Waals surface area contributed by atoms with Gasteiger partial charge in [-0.2, -0.15) is 0 Å². The topological polar surface area (TPSA) is 54.5 Å². The molecule has 5 nitrogen and oxygen atoms in total. The van der Waals surface area contributed by atoms with Crippen molar-refractivity contribution in [1.29, 1.82) is 0 Å². The van der Waals surface area contributed by atoms with Crippen molar-refractivity contribution in [3.05, 3.63) is 59.8 Å². The zero-order valence-electron chi connectivity index (χ0n) is 15.5. The van der Waals surface area contributed by atoms with Crippen molar-refractivity contribution in [2.24, 2.45) is 5.92 Å². The normalized spacial score (nSPS) is 14.9. The van der Waals surface area contributed by atoms with Crippen LogP contribution in [0.5, 0.6) is 5.88 Å². The summed E-state index contributed by atoms with van der Waals surface area (Å²) in [5.41, 5.74) is 1.96. The molecule has 26 heavy (non-hydrogen) atoms. The number of nitrogens with one attached hydrogen (secondary N) is 1. The number of hydrogen-bond donors (Lipinski definition) is 1. The Bertz CT molecular complexity index is 699. The zero-order valence-corrected chi connectivity index (χ0v) is 15.5. The molecule has 1 unspecified atom stereocenters. The van der Waals surface area contributed by atoms with Crippen LogP contribution in [0.25, 0.3) is 0 Å². The number of nitrogens with zero attached hydrogens (tertiary/aromatic N) is 2. The molecule has 1 aliphatic rings. The summed E-state index contributed by atoms with van der Waals surface area (Å²) >= 11 is 0. The molecule has 3 rings (SSSR count). The highest BCUT2D eigenvalue weighted by molar-refractivity contribution is 5.83. The maximum absolute atomic E-state index is 12.8. The van der Waals surface area contributed by atoms with Gasteiger partial charge in [0.25, 0.3) is 0 Å². The van der Waals surface area contributed by atoms with Crippen LogP contribution in [0, 0.1) is 5.92 Å². The minimum Gasteiger partial charge on any atom is -0.477 e. The highest BCUT2D eigenvalue weighted by Gasteiger charge is 2.24. The minimum absolute atomic E-state index is 0.00499. The lowest BCUT2D eigenvalue weighted by Crippen LogP contribution is -2.38. The Kier molecular flexibility index (Phi) is 6.23. The fourth-order valence-electron chi connectivity index (χ4n) is 2.80. The first-order chi connectivity index (χ1) is 12.7. The molecule has 1 heterocycles. The lowest BCUT2D eigenvalue weighted by Gasteiger charge is -2.26. The number of pyridine rings is 1. The van der Waals surface area contributed by atoms with Crippen molar-refractivity contribution < 1.29 is 9.53 Å². The highest BCUT2D eigenvalue weighted by Crippen LogP contribution is 2.29. The monoisotopic (exact) mass is 353 g/mol. The number of benzene rings is 1. The van der Waals surface area contributed by atoms with Crippen LogP contribution in [-0.2, 0) is 11.3 Å². The van der Waals surface area contributed by atoms with E-state index < -0.39 is 0 Å². The van der Waals surface area contributed by atoms with Crippen LogP contribution in [0.15, 0.2) is 48.7 Å². The number of carbonyl (C=O) groups is 1. The van der Waals surface area contributed by atoms with Crippen molar-refractivity contribution in [2.75, 3.05) is 20.2 Å². The molecule has 1 atom stereocenters. The van der Waals surface area contributed by atoms with E-state index in [1.165, 1.54) is 12.8 Å². The molecule has 1 aliphatic carbocycles. The maximum atomic E-state index is 12.8. The quantitative estimate of drug-likeness (QED) is 0.752. The molecule has 1 amide bonds. The van der Waals surface area contributed by atoms with Gasteiger partial charge in [0.15, 0.2) is 0 Å². The molecule has 5 heteroatoms. The first kappa shape index (κ1) is 18.4. The largest absolute Gasteiger partial charge is 0.477 e. The van der Waals surface area contributed by atoms with Crippen molar-refractivity contribution in [3.63, 3.8) is 0 Å². The van der Waals surface area contributed by atoms with E-state index in [4.69, 9.17) is 4.74 Å². The molecule has 1 aromatic heterocycles. The van der Waals surface area contributed by atoms with E-state index in [-0.39, 0.29) is 11.9 Å². The molecule has 1 fully saturated rings. The van der Waals surface area contributed by atoms with Crippen molar-refractivity contribution >= 4 is 5.91 Å². The first-order valence-electron chi connectivity index (χ1n) is 9.28. The zero-order chi connectivity index (χ0) is 18.4. The number of aromatic nitrogens is 1. The Labute approximate surface area is 155 Å². The van der Waals surface area contributed by atoms with Gasteiger partial charge in [-0.05, 0) is 43.5 Å². The Balaban J connectivity index is 1.57. The maximum Gasteiger partial charge on any atom is 0.242 e. The number of ether oxygens (including phenoxy) is 1. The van der Waals surface area contributed by atoms with Gasteiger partial charge >= 0.3 is 0 Å². The van der Waals surface area contributed by atoms with Gasteiger partial charge in [-0.25, -0.2) is 4.98 Å². The average Bonchev–Trinajstić information content (AvgIpc) is 3.51. The van der Waals surface area contributed by atoms with Gasteiger partial charge < -0.3 is 10.1 Å². The van der Waals surface area contributed by atoms with E-state index >= 15 is 0 Å². The summed E-state index contributed by atoms with van der Waals surface area (Å²) in [6, 6.07) is 13.4. The smallest absolute Gasteiger partial charge is 0.242 e. The summed E-state index contributed by atoms with van der Waals surface area (Å²) < 4.78 is 5.65. The van der Waals surface area contributed by atoms with Crippen LogP contribution in [0.1, 0.15) is 36.9 Å². The van der Waals surface area contributed by atoms with Gasteiger partial charge in [-0.1, -0.05) is 43.3 Å². The molecule has 0 saturated heterocycles. The van der Waals surface area contributed by atoms with Crippen LogP contribution in [0.4, 0.5) is 0 Å². The summed E-state index contributed by atoms with van der Waals surface area (Å²) in [7, 11) is 1.96. The van der Waals surface area contributed by atoms with Crippen LogP contribution >= 0.6 is 0 Å². The molecular weight excluding hydrogens is 326 g/mol. The molecule has 1 saturated carbocycles. The van der Waals surface area contributed by atoms with Crippen molar-refractivity contribution in [1.82, 2.24) is 15.2 Å². The lowest BCUT2D eigenvalue weighted by molar-refractivity contribution is -0.126. The van der Waals surface area contributed by atoms with Crippen LogP contribution in [0.2, 0.25) is 0 Å². The van der Waals surface area contributed by atoms with E-state index in [0.29, 0.717) is 18.3 Å². The van der Waals surface area contributed by atoms with E-state index in [0.717, 1.165) is 24.3 Å². The standard InChI is InChI=1S/C21H27N3O2/c1-3-24(2)20(18-7-5-4-6-8-18)21(25)23-14-17-11-12-19(22-13-17)26-15-16-9-10-16/h4-8,11-13,16,20H,3,9-10,14-15H2,1-2H3,(H,23,25). The first-order valence-corrected chi connectivity index (χ1v) is 9.28. The number of amides is 1. The molecule has 0 bridgehead atoms. The second-order valence-corrected chi connectivity index (χ2v) is 6.86. The Morgan fingerprint density at radius 3 is 2.65 bits per heavy atom. The summed E-state index contributed by atoms with van der Waals surface area (Å²) in [5.74, 6) is 1.36. The molecule has 0 aliphatic heterocycles. The van der Waals surface area contributed by atoms with Crippen molar-refractivity contribution in [3.8, 4) is 5.88 Å². The van der Waals surface area contributed by atoms with Gasteiger partial charge in [0.05, 0.1) is 6.61 Å². The summed E-state index contributed by atoms with van der Waals surface area (Å²) in [4.78, 5) is 19.1. The fourth-order valence-corrected chi connectivity index (χ4v) is 2.80. The van der Waals surface area contributed by atoms with E-state index in [1.54, 1.807) is 6.20 Å². The van der Waals surface area contributed by atoms with Gasteiger partial charge in [0.2, 0.25) is 11.8 Å². The van der Waals surface area contributed by atoms with E-state index in [9.17, 15) is 4.79 Å². The number of rotatable bonds is 9. The van der Waals surface area contributed by atoms with E-state index in [2.05, 4.69) is 10.3 Å². The van der Waals surface area contributed by atoms with Crippen LogP contribution < -0.4 is 10.1 Å². The van der Waals surface area contributed by atoms with Crippen LogP contribution in [-0.4, -0.2) is 36.0 Å². The van der Waals surface area contributed by atoms with Crippen molar-refractivity contribution in [2.45, 2.75) is 32.4 Å². The van der Waals surface area contributed by atoms with Gasteiger partial charge in [0.1, 0.15) is 6.04 Å². The van der Waals surface area contributed by atoms with Gasteiger partial charge in [-0.15, -0.1) is 0 Å². The third-order valence-electron chi connectivity index (χ3n) is 4.73. The predicted molar refractivity (Wildman–Crippen MR) is 102 cm³/mol. The predicted octanol–water partition coefficient (Wildman–Crippen LogP) is 3.18. The van der Waals surface area contributed by atoms with Gasteiger partial charge in [0, 0.05) is 18.8 Å². The summed E-state index contributed by atoms with van der Waals surface area (Å²) in [6.07, 6.45) is 4.29. The Morgan fingerprint density at radius 1 is 1.27 bits per heavy atom. The minimum atomic E-state index is -0.296. The molecule has 2 aromatic rings. The number of hydrogen-bond acceptors (Lipinski definition) is 4. The molecule has 138 valence electrons. The summed E-state index contributed by atoms with van der Waals surface area (Å²) in [5, 5.41) is 3.03. The lowest BCUT2D eigenvalue weighted by atomic mass is 10.0. The average molecular weight is 353 g/mol. The number of likely N-dealkylation sites (N-methyl/N-ethyl adjacent to an activating group) is 1. The third kappa shape index (κ3) is 5.05. The molecular formula is C21H27N3O2. The summed E-state index contributed by atoms with van der Waals surface area (Å²) in [6.45, 7) is 4.05. The third-order valence-corrected chi connectivity index (χ3v) is 4.73. The van der Waals surface area contributed by atoms with Gasteiger partial charge in [-0.3, -0.25) is 9.69 Å². The van der Waals surface area contributed by atoms with E-state index in [1.807, 2.05) is 61.3 Å². The second kappa shape index (κ2) is 8.81. The molecule has 0 radical (unpaired) electrons. The Morgan fingerprint density at radius 2 is 2.04 bits per heavy atom. The fraction of sp³-hybridized carbons (Fsp3) is 0.429. The number of carbonyl (C=O) groups excluding carboxylic acids is 1. The highest BCUT2D eigenvalue weighted by atomic mass is 16.5. The van der Waals surface area contributed by atoms with Crippen LogP contribution in [0.3, 0.4) is 0 Å². The SMILES string of the molecule is CCN(C)C(C(=O)NCc1ccc(OCC2CC2)nc1)c1ccccc1. The second-order valence-electron chi connectivity index (χ2n) is 6.86. The Hall–Kier alpha value is -2.40. The molecule has 0 spiro atoms. The molecule has 1 N–H and O–H groups in total. The molecule has 1 aromatic carbocycles.